The number of nitrogens with zero attached hydrogens (tertiary/aromatic N) is 3. The van der Waals surface area contributed by atoms with Gasteiger partial charge in [-0.3, -0.25) is 0 Å². The number of rotatable bonds is 3. The summed E-state index contributed by atoms with van der Waals surface area (Å²) in [4.78, 5) is 8.54. The van der Waals surface area contributed by atoms with E-state index in [0.29, 0.717) is 15.9 Å². The molecule has 2 heterocycles. The number of thiazole rings is 1. The summed E-state index contributed by atoms with van der Waals surface area (Å²) in [5.74, 6) is 1.33. The molecule has 1 atom stereocenters. The van der Waals surface area contributed by atoms with Gasteiger partial charge in [0.15, 0.2) is 10.3 Å². The fourth-order valence-electron chi connectivity index (χ4n) is 1.25. The predicted molar refractivity (Wildman–Crippen MR) is 65.1 cm³/mol. The molecular formula is C10H9ClN4OS. The van der Waals surface area contributed by atoms with E-state index in [4.69, 9.17) is 21.3 Å². The van der Waals surface area contributed by atoms with Crippen LogP contribution in [0, 0.1) is 18.3 Å². The Morgan fingerprint density at radius 2 is 2.41 bits per heavy atom. The molecule has 0 spiro atoms. The lowest BCUT2D eigenvalue weighted by molar-refractivity contribution is 0.453. The number of hydrogen-bond donors (Lipinski definition) is 1. The maximum Gasteiger partial charge on any atom is 0.216 e. The van der Waals surface area contributed by atoms with Crippen LogP contribution in [0.1, 0.15) is 29.5 Å². The van der Waals surface area contributed by atoms with Crippen LogP contribution < -0.4 is 5.32 Å². The average Bonchev–Trinajstić information content (AvgIpc) is 2.85. The summed E-state index contributed by atoms with van der Waals surface area (Å²) in [5, 5.41) is 12.6. The lowest BCUT2D eigenvalue weighted by Gasteiger charge is -2.07. The van der Waals surface area contributed by atoms with Crippen molar-refractivity contribution < 1.29 is 4.42 Å². The van der Waals surface area contributed by atoms with Gasteiger partial charge in [0.2, 0.25) is 5.89 Å². The number of nitriles is 1. The standard InChI is InChI=1S/C10H9ClN4OS/c1-5-4-13-9(16-5)6(2)14-10-15-8(11)7(3-12)17-10/h4,6H,1-2H3,(H,14,15). The van der Waals surface area contributed by atoms with Crippen molar-refractivity contribution in [3.05, 3.63) is 27.9 Å². The summed E-state index contributed by atoms with van der Waals surface area (Å²) >= 11 is 6.98. The first kappa shape index (κ1) is 11.9. The highest BCUT2D eigenvalue weighted by Crippen LogP contribution is 2.28. The van der Waals surface area contributed by atoms with Gasteiger partial charge in [0, 0.05) is 0 Å². The summed E-state index contributed by atoms with van der Waals surface area (Å²) in [6.45, 7) is 3.73. The van der Waals surface area contributed by atoms with E-state index in [1.165, 1.54) is 11.3 Å². The first-order valence-corrected chi connectivity index (χ1v) is 6.05. The minimum Gasteiger partial charge on any atom is -0.444 e. The topological polar surface area (TPSA) is 74.7 Å². The Labute approximate surface area is 107 Å². The molecule has 0 aliphatic rings. The molecule has 88 valence electrons. The molecule has 5 nitrogen and oxygen atoms in total. The van der Waals surface area contributed by atoms with Gasteiger partial charge in [0.1, 0.15) is 22.7 Å². The third-order valence-corrected chi connectivity index (χ3v) is 3.31. The van der Waals surface area contributed by atoms with Crippen molar-refractivity contribution in [2.75, 3.05) is 5.32 Å². The normalized spacial score (nSPS) is 12.1. The van der Waals surface area contributed by atoms with Crippen LogP contribution in [0.15, 0.2) is 10.6 Å². The lowest BCUT2D eigenvalue weighted by atomic mass is 10.3. The molecule has 2 aromatic rings. The molecule has 1 N–H and O–H groups in total. The van der Waals surface area contributed by atoms with Crippen LogP contribution in [-0.2, 0) is 0 Å². The van der Waals surface area contributed by atoms with Crippen LogP contribution in [0.4, 0.5) is 5.13 Å². The Bertz CT molecular complexity index is 571. The SMILES string of the molecule is Cc1cnc(C(C)Nc2nc(Cl)c(C#N)s2)o1. The Kier molecular flexibility index (Phi) is 3.31. The van der Waals surface area contributed by atoms with Gasteiger partial charge in [-0.25, -0.2) is 9.97 Å². The lowest BCUT2D eigenvalue weighted by Crippen LogP contribution is -2.06. The van der Waals surface area contributed by atoms with Gasteiger partial charge in [-0.15, -0.1) is 0 Å². The molecule has 0 aliphatic heterocycles. The first-order valence-electron chi connectivity index (χ1n) is 4.85. The molecule has 0 aliphatic carbocycles. The number of anilines is 1. The summed E-state index contributed by atoms with van der Waals surface area (Å²) in [6, 6.07) is 1.85. The fraction of sp³-hybridized carbons (Fsp3) is 0.300. The van der Waals surface area contributed by atoms with Crippen molar-refractivity contribution in [2.45, 2.75) is 19.9 Å². The largest absolute Gasteiger partial charge is 0.444 e. The minimum atomic E-state index is -0.127. The highest BCUT2D eigenvalue weighted by molar-refractivity contribution is 7.16. The van der Waals surface area contributed by atoms with E-state index >= 15 is 0 Å². The van der Waals surface area contributed by atoms with Crippen molar-refractivity contribution >= 4 is 28.1 Å². The Morgan fingerprint density at radius 3 is 2.94 bits per heavy atom. The van der Waals surface area contributed by atoms with E-state index in [2.05, 4.69) is 15.3 Å². The first-order chi connectivity index (χ1) is 8.10. The summed E-state index contributed by atoms with van der Waals surface area (Å²) < 4.78 is 5.39. The molecule has 0 saturated carbocycles. The van der Waals surface area contributed by atoms with Crippen molar-refractivity contribution in [3.8, 4) is 6.07 Å². The zero-order valence-electron chi connectivity index (χ0n) is 9.19. The van der Waals surface area contributed by atoms with Crippen molar-refractivity contribution in [2.24, 2.45) is 0 Å². The second kappa shape index (κ2) is 4.73. The van der Waals surface area contributed by atoms with E-state index < -0.39 is 0 Å². The van der Waals surface area contributed by atoms with Crippen LogP contribution in [0.25, 0.3) is 0 Å². The fourth-order valence-corrected chi connectivity index (χ4v) is 2.29. The Morgan fingerprint density at radius 1 is 1.65 bits per heavy atom. The van der Waals surface area contributed by atoms with E-state index in [9.17, 15) is 0 Å². The summed E-state index contributed by atoms with van der Waals surface area (Å²) in [6.07, 6.45) is 1.66. The predicted octanol–water partition coefficient (Wildman–Crippen LogP) is 3.14. The van der Waals surface area contributed by atoms with Gasteiger partial charge in [-0.2, -0.15) is 5.26 Å². The van der Waals surface area contributed by atoms with E-state index in [0.717, 1.165) is 5.76 Å². The van der Waals surface area contributed by atoms with Gasteiger partial charge in [-0.05, 0) is 13.8 Å². The van der Waals surface area contributed by atoms with E-state index in [1.807, 2.05) is 19.9 Å². The molecule has 0 fully saturated rings. The van der Waals surface area contributed by atoms with Crippen LogP contribution in [-0.4, -0.2) is 9.97 Å². The third-order valence-electron chi connectivity index (χ3n) is 2.04. The Hall–Kier alpha value is -1.58. The molecule has 17 heavy (non-hydrogen) atoms. The van der Waals surface area contributed by atoms with Crippen molar-refractivity contribution in [1.82, 2.24) is 9.97 Å². The van der Waals surface area contributed by atoms with Crippen LogP contribution in [0.3, 0.4) is 0 Å². The van der Waals surface area contributed by atoms with Crippen molar-refractivity contribution in [3.63, 3.8) is 0 Å². The van der Waals surface area contributed by atoms with Gasteiger partial charge in [0.25, 0.3) is 0 Å². The van der Waals surface area contributed by atoms with E-state index in [1.54, 1.807) is 6.20 Å². The molecule has 0 radical (unpaired) electrons. The maximum atomic E-state index is 8.76. The molecule has 0 saturated heterocycles. The molecule has 0 aromatic carbocycles. The zero-order chi connectivity index (χ0) is 12.4. The number of aryl methyl sites for hydroxylation is 1. The second-order valence-corrected chi connectivity index (χ2v) is 4.78. The van der Waals surface area contributed by atoms with Crippen LogP contribution in [0.5, 0.6) is 0 Å². The van der Waals surface area contributed by atoms with Crippen molar-refractivity contribution in [1.29, 1.82) is 5.26 Å². The van der Waals surface area contributed by atoms with E-state index in [-0.39, 0.29) is 11.2 Å². The molecule has 0 bridgehead atoms. The summed E-state index contributed by atoms with van der Waals surface area (Å²) in [5.41, 5.74) is 0. The van der Waals surface area contributed by atoms with Crippen LogP contribution in [0.2, 0.25) is 5.15 Å². The number of oxazole rings is 1. The highest BCUT2D eigenvalue weighted by Gasteiger charge is 2.15. The third kappa shape index (κ3) is 2.57. The number of halogens is 1. The molecule has 0 amide bonds. The highest BCUT2D eigenvalue weighted by atomic mass is 35.5. The number of nitrogens with one attached hydrogen (secondary N) is 1. The zero-order valence-corrected chi connectivity index (χ0v) is 10.8. The average molecular weight is 269 g/mol. The molecule has 2 rings (SSSR count). The summed E-state index contributed by atoms with van der Waals surface area (Å²) in [7, 11) is 0. The minimum absolute atomic E-state index is 0.127. The molecule has 1 unspecified atom stereocenters. The second-order valence-electron chi connectivity index (χ2n) is 3.43. The Balaban J connectivity index is 2.13. The quantitative estimate of drug-likeness (QED) is 0.925. The van der Waals surface area contributed by atoms with Gasteiger partial charge >= 0.3 is 0 Å². The van der Waals surface area contributed by atoms with Gasteiger partial charge in [0.05, 0.1) is 6.20 Å². The number of hydrogen-bond acceptors (Lipinski definition) is 6. The smallest absolute Gasteiger partial charge is 0.216 e. The maximum absolute atomic E-state index is 8.76. The monoisotopic (exact) mass is 268 g/mol. The molecule has 2 aromatic heterocycles. The molecular weight excluding hydrogens is 260 g/mol. The van der Waals surface area contributed by atoms with Gasteiger partial charge in [-0.1, -0.05) is 22.9 Å². The van der Waals surface area contributed by atoms with Gasteiger partial charge < -0.3 is 9.73 Å². The number of aromatic nitrogens is 2. The molecule has 7 heteroatoms. The van der Waals surface area contributed by atoms with Crippen LogP contribution >= 0.6 is 22.9 Å².